The van der Waals surface area contributed by atoms with Gasteiger partial charge < -0.3 is 0 Å². The minimum Gasteiger partial charge on any atom is -0.298 e. The second-order valence-corrected chi connectivity index (χ2v) is 10.1. The Labute approximate surface area is 215 Å². The number of rotatable bonds is 6. The van der Waals surface area contributed by atoms with Gasteiger partial charge in [0.05, 0.1) is 23.6 Å². The van der Waals surface area contributed by atoms with Gasteiger partial charge in [-0.05, 0) is 61.3 Å². The molecule has 0 fully saturated rings. The zero-order chi connectivity index (χ0) is 25.4. The van der Waals surface area contributed by atoms with E-state index in [2.05, 4.69) is 32.1 Å². The first-order chi connectivity index (χ1) is 18.1. The maximum Gasteiger partial charge on any atom is 0.265 e. The highest BCUT2D eigenvalue weighted by Gasteiger charge is 2.20. The first kappa shape index (κ1) is 23.3. The molecule has 0 N–H and O–H groups in total. The van der Waals surface area contributed by atoms with Gasteiger partial charge in [0, 0.05) is 6.54 Å². The van der Waals surface area contributed by atoms with Gasteiger partial charge in [0.2, 0.25) is 0 Å². The summed E-state index contributed by atoms with van der Waals surface area (Å²) >= 11 is 0. The van der Waals surface area contributed by atoms with Crippen molar-refractivity contribution in [3.8, 4) is 0 Å². The van der Waals surface area contributed by atoms with Crippen molar-refractivity contribution >= 4 is 39.4 Å². The molecule has 186 valence electrons. The second-order valence-electron chi connectivity index (χ2n) is 10.1. The lowest BCUT2D eigenvalue weighted by molar-refractivity contribution is 0.610. The fourth-order valence-corrected chi connectivity index (χ4v) is 5.01. The lowest BCUT2D eigenvalue weighted by Gasteiger charge is -2.13. The molecule has 0 saturated heterocycles. The maximum atomic E-state index is 13.7. The SMILES string of the molecule is CC(C)c1ccc(C=Nn2c3nc4ccccc4nc3c3c(=O)n(CCC4=CCCCC4)cnc32)cc1. The van der Waals surface area contributed by atoms with E-state index in [4.69, 9.17) is 20.1 Å². The lowest BCUT2D eigenvalue weighted by atomic mass is 9.97. The number of hydrogen-bond acceptors (Lipinski definition) is 5. The van der Waals surface area contributed by atoms with Crippen molar-refractivity contribution in [3.63, 3.8) is 0 Å². The molecular formula is C30H30N6O. The molecule has 6 rings (SSSR count). The van der Waals surface area contributed by atoms with Crippen molar-refractivity contribution in [2.24, 2.45) is 5.10 Å². The van der Waals surface area contributed by atoms with Crippen molar-refractivity contribution in [1.29, 1.82) is 0 Å². The Morgan fingerprint density at radius 3 is 2.51 bits per heavy atom. The summed E-state index contributed by atoms with van der Waals surface area (Å²) in [5, 5.41) is 5.19. The first-order valence-electron chi connectivity index (χ1n) is 13.1. The molecule has 0 atom stereocenters. The van der Waals surface area contributed by atoms with Crippen molar-refractivity contribution in [2.45, 2.75) is 58.4 Å². The first-order valence-corrected chi connectivity index (χ1v) is 13.1. The Hall–Kier alpha value is -4.13. The fraction of sp³-hybridized carbons (Fsp3) is 0.300. The molecule has 0 aliphatic heterocycles. The van der Waals surface area contributed by atoms with E-state index in [0.29, 0.717) is 34.7 Å². The normalized spacial score (nSPS) is 14.4. The highest BCUT2D eigenvalue weighted by atomic mass is 16.1. The molecule has 3 aromatic heterocycles. The number of allylic oxidation sites excluding steroid dienone is 2. The number of hydrogen-bond donors (Lipinski definition) is 0. The minimum absolute atomic E-state index is 0.105. The summed E-state index contributed by atoms with van der Waals surface area (Å²) in [4.78, 5) is 28.1. The summed E-state index contributed by atoms with van der Waals surface area (Å²) in [7, 11) is 0. The van der Waals surface area contributed by atoms with E-state index < -0.39 is 0 Å². The number of para-hydroxylation sites is 2. The van der Waals surface area contributed by atoms with Gasteiger partial charge in [-0.3, -0.25) is 9.36 Å². The molecule has 5 aromatic rings. The summed E-state index contributed by atoms with van der Waals surface area (Å²) in [6.45, 7) is 4.95. The van der Waals surface area contributed by atoms with E-state index in [-0.39, 0.29) is 5.56 Å². The molecule has 0 unspecified atom stereocenters. The minimum atomic E-state index is -0.105. The Morgan fingerprint density at radius 2 is 1.78 bits per heavy atom. The summed E-state index contributed by atoms with van der Waals surface area (Å²) in [5.41, 5.74) is 6.58. The third-order valence-corrected chi connectivity index (χ3v) is 7.19. The molecule has 1 aliphatic rings. The van der Waals surface area contributed by atoms with E-state index in [0.717, 1.165) is 35.9 Å². The highest BCUT2D eigenvalue weighted by molar-refractivity contribution is 6.04. The van der Waals surface area contributed by atoms with Crippen LogP contribution in [-0.2, 0) is 6.54 Å². The van der Waals surface area contributed by atoms with E-state index in [1.165, 1.54) is 24.0 Å². The summed E-state index contributed by atoms with van der Waals surface area (Å²) in [6.07, 6.45) is 11.3. The maximum absolute atomic E-state index is 13.7. The van der Waals surface area contributed by atoms with Gasteiger partial charge in [0.15, 0.2) is 11.3 Å². The molecule has 0 spiro atoms. The summed E-state index contributed by atoms with van der Waals surface area (Å²) in [5.74, 6) is 0.465. The number of benzene rings is 2. The Bertz CT molecular complexity index is 1720. The largest absolute Gasteiger partial charge is 0.298 e. The van der Waals surface area contributed by atoms with Crippen LogP contribution in [0.25, 0.3) is 33.2 Å². The van der Waals surface area contributed by atoms with Crippen LogP contribution in [-0.4, -0.2) is 30.4 Å². The molecule has 2 aromatic carbocycles. The van der Waals surface area contributed by atoms with Crippen molar-refractivity contribution in [2.75, 3.05) is 0 Å². The zero-order valence-electron chi connectivity index (χ0n) is 21.3. The third kappa shape index (κ3) is 4.46. The van der Waals surface area contributed by atoms with Gasteiger partial charge in [-0.2, -0.15) is 9.78 Å². The quantitative estimate of drug-likeness (QED) is 0.210. The van der Waals surface area contributed by atoms with Crippen LogP contribution in [0.2, 0.25) is 0 Å². The van der Waals surface area contributed by atoms with Crippen molar-refractivity contribution in [1.82, 2.24) is 24.2 Å². The number of fused-ring (bicyclic) bond motifs is 4. The predicted molar refractivity (Wildman–Crippen MR) is 149 cm³/mol. The predicted octanol–water partition coefficient (Wildman–Crippen LogP) is 6.19. The van der Waals surface area contributed by atoms with Gasteiger partial charge >= 0.3 is 0 Å². The summed E-state index contributed by atoms with van der Waals surface area (Å²) < 4.78 is 3.35. The number of nitrogens with zero attached hydrogens (tertiary/aromatic N) is 6. The van der Waals surface area contributed by atoms with E-state index in [1.807, 2.05) is 36.4 Å². The molecule has 0 saturated carbocycles. The molecule has 0 amide bonds. The Balaban J connectivity index is 1.48. The van der Waals surface area contributed by atoms with Crippen LogP contribution >= 0.6 is 0 Å². The standard InChI is InChI=1S/C30H30N6O/c1-20(2)23-14-12-22(13-15-23)18-32-36-28-26(27-29(36)34-25-11-7-6-10-24(25)33-27)30(37)35(19-31-28)17-16-21-8-4-3-5-9-21/h6-8,10-15,18-20H,3-5,9,16-17H2,1-2H3. The lowest BCUT2D eigenvalue weighted by Crippen LogP contribution is -2.21. The molecule has 3 heterocycles. The molecular weight excluding hydrogens is 460 g/mol. The van der Waals surface area contributed by atoms with Crippen LogP contribution in [0.1, 0.15) is 63.0 Å². The van der Waals surface area contributed by atoms with Gasteiger partial charge in [-0.15, -0.1) is 0 Å². The van der Waals surface area contributed by atoms with Crippen LogP contribution in [0.5, 0.6) is 0 Å². The van der Waals surface area contributed by atoms with Crippen LogP contribution in [0.15, 0.2) is 76.4 Å². The average molecular weight is 491 g/mol. The summed E-state index contributed by atoms with van der Waals surface area (Å²) in [6, 6.07) is 16.0. The van der Waals surface area contributed by atoms with Gasteiger partial charge in [0.1, 0.15) is 10.9 Å². The van der Waals surface area contributed by atoms with Crippen LogP contribution in [0.4, 0.5) is 0 Å². The van der Waals surface area contributed by atoms with E-state index in [9.17, 15) is 4.79 Å². The molecule has 37 heavy (non-hydrogen) atoms. The van der Waals surface area contributed by atoms with E-state index >= 15 is 0 Å². The van der Waals surface area contributed by atoms with Crippen LogP contribution in [0, 0.1) is 0 Å². The molecule has 7 nitrogen and oxygen atoms in total. The smallest absolute Gasteiger partial charge is 0.265 e. The number of aryl methyl sites for hydroxylation is 1. The van der Waals surface area contributed by atoms with Gasteiger partial charge in [0.25, 0.3) is 5.56 Å². The molecule has 1 aliphatic carbocycles. The fourth-order valence-electron chi connectivity index (χ4n) is 5.01. The molecule has 7 heteroatoms. The number of aromatic nitrogens is 5. The van der Waals surface area contributed by atoms with Crippen LogP contribution in [0.3, 0.4) is 0 Å². The van der Waals surface area contributed by atoms with Crippen LogP contribution < -0.4 is 5.56 Å². The Morgan fingerprint density at radius 1 is 1.00 bits per heavy atom. The Kier molecular flexibility index (Phi) is 6.12. The topological polar surface area (TPSA) is 78.0 Å². The second kappa shape index (κ2) is 9.73. The zero-order valence-corrected chi connectivity index (χ0v) is 21.3. The average Bonchev–Trinajstić information content (AvgIpc) is 3.24. The highest BCUT2D eigenvalue weighted by Crippen LogP contribution is 2.25. The molecule has 0 radical (unpaired) electrons. The third-order valence-electron chi connectivity index (χ3n) is 7.19. The van der Waals surface area contributed by atoms with Gasteiger partial charge in [-0.25, -0.2) is 15.0 Å². The van der Waals surface area contributed by atoms with Crippen molar-refractivity contribution < 1.29 is 0 Å². The van der Waals surface area contributed by atoms with Gasteiger partial charge in [-0.1, -0.05) is 61.9 Å². The van der Waals surface area contributed by atoms with E-state index in [1.54, 1.807) is 21.8 Å². The monoisotopic (exact) mass is 490 g/mol. The van der Waals surface area contributed by atoms with Crippen molar-refractivity contribution in [3.05, 3.63) is 88.0 Å². The molecule has 0 bridgehead atoms.